The van der Waals surface area contributed by atoms with Crippen molar-refractivity contribution in [2.24, 2.45) is 0 Å². The largest absolute Gasteiger partial charge is 0.398 e. The molecule has 0 atom stereocenters. The quantitative estimate of drug-likeness (QED) is 0.897. The Morgan fingerprint density at radius 1 is 1.35 bits per heavy atom. The summed E-state index contributed by atoms with van der Waals surface area (Å²) in [4.78, 5) is 23.4. The SMILES string of the molecule is Nc1ccc(=O)n(CC(=O)Nc2cc(F)ccc2Br)c1. The Hall–Kier alpha value is -2.15. The van der Waals surface area contributed by atoms with E-state index >= 15 is 0 Å². The van der Waals surface area contributed by atoms with Crippen LogP contribution in [0.25, 0.3) is 0 Å². The zero-order chi connectivity index (χ0) is 14.7. The van der Waals surface area contributed by atoms with Gasteiger partial charge in [0.15, 0.2) is 0 Å². The van der Waals surface area contributed by atoms with Gasteiger partial charge in [-0.3, -0.25) is 9.59 Å². The summed E-state index contributed by atoms with van der Waals surface area (Å²) in [5, 5.41) is 2.52. The second-order valence-electron chi connectivity index (χ2n) is 4.10. The van der Waals surface area contributed by atoms with E-state index in [9.17, 15) is 14.0 Å². The molecule has 5 nitrogen and oxygen atoms in total. The van der Waals surface area contributed by atoms with Gasteiger partial charge in [-0.1, -0.05) is 0 Å². The number of nitrogen functional groups attached to an aromatic ring is 1. The lowest BCUT2D eigenvalue weighted by Crippen LogP contribution is -2.27. The van der Waals surface area contributed by atoms with E-state index in [0.717, 1.165) is 0 Å². The summed E-state index contributed by atoms with van der Waals surface area (Å²) >= 11 is 3.20. The molecule has 0 saturated heterocycles. The highest BCUT2D eigenvalue weighted by molar-refractivity contribution is 9.10. The molecule has 0 radical (unpaired) electrons. The van der Waals surface area contributed by atoms with Gasteiger partial charge < -0.3 is 15.6 Å². The summed E-state index contributed by atoms with van der Waals surface area (Å²) in [6, 6.07) is 6.67. The summed E-state index contributed by atoms with van der Waals surface area (Å²) < 4.78 is 14.8. The van der Waals surface area contributed by atoms with E-state index in [1.54, 1.807) is 0 Å². The Labute approximate surface area is 122 Å². The van der Waals surface area contributed by atoms with E-state index in [4.69, 9.17) is 5.73 Å². The number of hydrogen-bond acceptors (Lipinski definition) is 3. The predicted molar refractivity (Wildman–Crippen MR) is 77.8 cm³/mol. The lowest BCUT2D eigenvalue weighted by Gasteiger charge is -2.09. The van der Waals surface area contributed by atoms with E-state index in [0.29, 0.717) is 15.8 Å². The number of nitrogens with one attached hydrogen (secondary N) is 1. The summed E-state index contributed by atoms with van der Waals surface area (Å²) in [7, 11) is 0. The number of aromatic nitrogens is 1. The van der Waals surface area contributed by atoms with E-state index < -0.39 is 11.7 Å². The summed E-state index contributed by atoms with van der Waals surface area (Å²) in [5.41, 5.74) is 5.89. The van der Waals surface area contributed by atoms with Crippen molar-refractivity contribution in [3.05, 3.63) is 57.2 Å². The van der Waals surface area contributed by atoms with Gasteiger partial charge in [0.25, 0.3) is 5.56 Å². The van der Waals surface area contributed by atoms with Crippen LogP contribution in [-0.2, 0) is 11.3 Å². The van der Waals surface area contributed by atoms with Crippen LogP contribution in [-0.4, -0.2) is 10.5 Å². The third kappa shape index (κ3) is 3.45. The lowest BCUT2D eigenvalue weighted by atomic mass is 10.3. The van der Waals surface area contributed by atoms with Crippen molar-refractivity contribution in [2.45, 2.75) is 6.54 Å². The van der Waals surface area contributed by atoms with Gasteiger partial charge in [0.05, 0.1) is 5.69 Å². The van der Waals surface area contributed by atoms with Crippen molar-refractivity contribution in [1.29, 1.82) is 0 Å². The second kappa shape index (κ2) is 5.87. The topological polar surface area (TPSA) is 77.1 Å². The van der Waals surface area contributed by atoms with Crippen LogP contribution in [0.5, 0.6) is 0 Å². The van der Waals surface area contributed by atoms with Crippen LogP contribution < -0.4 is 16.6 Å². The minimum atomic E-state index is -0.468. The maximum atomic E-state index is 13.1. The van der Waals surface area contributed by atoms with Gasteiger partial charge in [0, 0.05) is 22.4 Å². The molecule has 0 spiro atoms. The highest BCUT2D eigenvalue weighted by Crippen LogP contribution is 2.22. The first kappa shape index (κ1) is 14.3. The van der Waals surface area contributed by atoms with E-state index in [1.807, 2.05) is 0 Å². The molecule has 0 aliphatic carbocycles. The predicted octanol–water partition coefficient (Wildman–Crippen LogP) is 1.97. The number of pyridine rings is 1. The third-order valence-electron chi connectivity index (χ3n) is 2.52. The van der Waals surface area contributed by atoms with Gasteiger partial charge in [0.1, 0.15) is 12.4 Å². The molecule has 1 amide bonds. The molecule has 0 fully saturated rings. The summed E-state index contributed by atoms with van der Waals surface area (Å²) in [5.74, 6) is -0.923. The van der Waals surface area contributed by atoms with Crippen LogP contribution in [0.2, 0.25) is 0 Å². The fraction of sp³-hybridized carbons (Fsp3) is 0.0769. The molecule has 1 aromatic carbocycles. The summed E-state index contributed by atoms with van der Waals surface area (Å²) in [6.45, 7) is -0.202. The van der Waals surface area contributed by atoms with Crippen molar-refractivity contribution in [1.82, 2.24) is 4.57 Å². The molecular formula is C13H11BrFN3O2. The molecule has 0 aliphatic rings. The number of carbonyl (C=O) groups is 1. The molecule has 7 heteroatoms. The van der Waals surface area contributed by atoms with Crippen molar-refractivity contribution in [3.8, 4) is 0 Å². The Kier molecular flexibility index (Phi) is 4.19. The van der Waals surface area contributed by atoms with Crippen molar-refractivity contribution < 1.29 is 9.18 Å². The monoisotopic (exact) mass is 339 g/mol. The molecule has 104 valence electrons. The number of benzene rings is 1. The highest BCUT2D eigenvalue weighted by atomic mass is 79.9. The van der Waals surface area contributed by atoms with Crippen LogP contribution in [0.15, 0.2) is 45.8 Å². The van der Waals surface area contributed by atoms with Crippen molar-refractivity contribution >= 4 is 33.2 Å². The van der Waals surface area contributed by atoms with E-state index in [2.05, 4.69) is 21.2 Å². The Bertz CT molecular complexity index is 715. The number of nitrogens with zero attached hydrogens (tertiary/aromatic N) is 1. The molecule has 2 rings (SSSR count). The fourth-order valence-corrected chi connectivity index (χ4v) is 1.96. The van der Waals surface area contributed by atoms with E-state index in [-0.39, 0.29) is 12.1 Å². The first-order valence-electron chi connectivity index (χ1n) is 5.66. The maximum Gasteiger partial charge on any atom is 0.251 e. The van der Waals surface area contributed by atoms with Crippen molar-refractivity contribution in [2.75, 3.05) is 11.1 Å². The number of rotatable bonds is 3. The van der Waals surface area contributed by atoms with Gasteiger partial charge in [-0.25, -0.2) is 4.39 Å². The van der Waals surface area contributed by atoms with Gasteiger partial charge in [-0.05, 0) is 40.2 Å². The maximum absolute atomic E-state index is 13.1. The number of anilines is 2. The van der Waals surface area contributed by atoms with Crippen LogP contribution in [0, 0.1) is 5.82 Å². The van der Waals surface area contributed by atoms with Crippen LogP contribution >= 0.6 is 15.9 Å². The first-order valence-corrected chi connectivity index (χ1v) is 6.46. The molecule has 1 aromatic heterocycles. The molecule has 3 N–H and O–H groups in total. The number of halogens is 2. The standard InChI is InChI=1S/C13H11BrFN3O2/c14-10-3-1-8(15)5-11(10)17-12(19)7-18-6-9(16)2-4-13(18)20/h1-6H,7,16H2,(H,17,19). The molecule has 2 aromatic rings. The van der Waals surface area contributed by atoms with E-state index in [1.165, 1.54) is 41.1 Å². The highest BCUT2D eigenvalue weighted by Gasteiger charge is 2.08. The summed E-state index contributed by atoms with van der Waals surface area (Å²) in [6.07, 6.45) is 1.38. The molecule has 0 aliphatic heterocycles. The Morgan fingerprint density at radius 2 is 2.10 bits per heavy atom. The number of carbonyl (C=O) groups excluding carboxylic acids is 1. The van der Waals surface area contributed by atoms with Gasteiger partial charge in [0.2, 0.25) is 5.91 Å². The normalized spacial score (nSPS) is 10.3. The van der Waals surface area contributed by atoms with Crippen molar-refractivity contribution in [3.63, 3.8) is 0 Å². The number of hydrogen-bond donors (Lipinski definition) is 2. The molecule has 0 saturated carbocycles. The molecule has 0 unspecified atom stereocenters. The van der Waals surface area contributed by atoms with Crippen LogP contribution in [0.1, 0.15) is 0 Å². The smallest absolute Gasteiger partial charge is 0.251 e. The zero-order valence-electron chi connectivity index (χ0n) is 10.3. The molecule has 20 heavy (non-hydrogen) atoms. The molecular weight excluding hydrogens is 329 g/mol. The Balaban J connectivity index is 2.15. The second-order valence-corrected chi connectivity index (χ2v) is 4.96. The minimum Gasteiger partial charge on any atom is -0.398 e. The van der Waals surface area contributed by atoms with Crippen LogP contribution in [0.4, 0.5) is 15.8 Å². The average molecular weight is 340 g/mol. The zero-order valence-corrected chi connectivity index (χ0v) is 11.9. The first-order chi connectivity index (χ1) is 9.45. The van der Waals surface area contributed by atoms with Crippen LogP contribution in [0.3, 0.4) is 0 Å². The molecule has 0 bridgehead atoms. The molecule has 1 heterocycles. The van der Waals surface area contributed by atoms with Gasteiger partial charge in [-0.15, -0.1) is 0 Å². The minimum absolute atomic E-state index is 0.202. The van der Waals surface area contributed by atoms with Gasteiger partial charge in [-0.2, -0.15) is 0 Å². The lowest BCUT2D eigenvalue weighted by molar-refractivity contribution is -0.116. The average Bonchev–Trinajstić information content (AvgIpc) is 2.38. The van der Waals surface area contributed by atoms with Gasteiger partial charge >= 0.3 is 0 Å². The fourth-order valence-electron chi connectivity index (χ4n) is 1.61. The third-order valence-corrected chi connectivity index (χ3v) is 3.21. The number of nitrogens with two attached hydrogens (primary N) is 1. The number of amides is 1. The Morgan fingerprint density at radius 3 is 2.85 bits per heavy atom.